The summed E-state index contributed by atoms with van der Waals surface area (Å²) < 4.78 is 0. The van der Waals surface area contributed by atoms with Gasteiger partial charge in [0.2, 0.25) is 0 Å². The Morgan fingerprint density at radius 1 is 1.00 bits per heavy atom. The molecule has 0 amide bonds. The summed E-state index contributed by atoms with van der Waals surface area (Å²) in [6, 6.07) is 1.17. The van der Waals surface area contributed by atoms with Gasteiger partial charge in [0.05, 0.1) is 20.2 Å². The first-order valence-electron chi connectivity index (χ1n) is 5.74. The molecule has 1 fully saturated rings. The van der Waals surface area contributed by atoms with Crippen LogP contribution in [-0.4, -0.2) is 20.2 Å². The predicted octanol–water partition coefficient (Wildman–Crippen LogP) is 3.86. The molecule has 0 saturated heterocycles. The van der Waals surface area contributed by atoms with Gasteiger partial charge >= 0.3 is 0 Å². The van der Waals surface area contributed by atoms with E-state index in [4.69, 9.17) is 0 Å². The van der Waals surface area contributed by atoms with Crippen LogP contribution in [0.2, 0.25) is 23.7 Å². The molecular weight excluding hydrogens is 188 g/mol. The maximum atomic E-state index is 4.42. The van der Waals surface area contributed by atoms with Crippen LogP contribution in [0.25, 0.3) is 0 Å². The Bertz CT molecular complexity index is 251. The van der Waals surface area contributed by atoms with Crippen molar-refractivity contribution in [3.63, 3.8) is 0 Å². The van der Waals surface area contributed by atoms with Crippen molar-refractivity contribution in [2.75, 3.05) is 0 Å². The summed E-state index contributed by atoms with van der Waals surface area (Å²) in [5.41, 5.74) is 0.822. The van der Waals surface area contributed by atoms with E-state index in [0.29, 0.717) is 17.1 Å². The molecule has 0 aromatic rings. The second-order valence-corrected chi connectivity index (χ2v) is 12.1. The number of hydrogen-bond donors (Lipinski definition) is 0. The fourth-order valence-electron chi connectivity index (χ4n) is 2.85. The van der Waals surface area contributed by atoms with Crippen molar-refractivity contribution in [1.29, 1.82) is 0 Å². The van der Waals surface area contributed by atoms with Crippen molar-refractivity contribution >= 4 is 8.07 Å². The minimum atomic E-state index is -1.22. The molecule has 1 saturated carbocycles. The monoisotopic (exact) mass is 210 g/mol. The first kappa shape index (κ1) is 10.3. The van der Waals surface area contributed by atoms with Gasteiger partial charge in [-0.05, 0) is 17.9 Å². The zero-order valence-electron chi connectivity index (χ0n) is 10.0. The molecule has 80 valence electrons. The molecule has 0 aromatic heterocycles. The molecule has 2 bridgehead atoms. The number of azo groups is 1. The molecule has 0 aromatic carbocycles. The second kappa shape index (κ2) is 2.91. The van der Waals surface area contributed by atoms with Gasteiger partial charge in [-0.2, -0.15) is 10.2 Å². The number of rotatable bonds is 1. The number of nitrogens with zero attached hydrogens (tertiary/aromatic N) is 2. The minimum Gasteiger partial charge on any atom is -0.190 e. The summed E-state index contributed by atoms with van der Waals surface area (Å²) in [5.74, 6) is 0. The van der Waals surface area contributed by atoms with Crippen molar-refractivity contribution in [3.05, 3.63) is 0 Å². The summed E-state index contributed by atoms with van der Waals surface area (Å²) in [6.07, 6.45) is 2.59. The molecule has 1 aliphatic carbocycles. The fourth-order valence-corrected chi connectivity index (χ4v) is 6.24. The van der Waals surface area contributed by atoms with Crippen LogP contribution < -0.4 is 0 Å². The maximum absolute atomic E-state index is 4.42. The lowest BCUT2D eigenvalue weighted by molar-refractivity contribution is 0.643. The van der Waals surface area contributed by atoms with E-state index in [1.807, 2.05) is 0 Å². The van der Waals surface area contributed by atoms with Gasteiger partial charge in [0, 0.05) is 5.54 Å². The molecule has 1 heterocycles. The molecule has 0 spiro atoms. The van der Waals surface area contributed by atoms with E-state index >= 15 is 0 Å². The third-order valence-corrected chi connectivity index (χ3v) is 11.0. The Morgan fingerprint density at radius 3 is 1.71 bits per heavy atom. The van der Waals surface area contributed by atoms with Crippen LogP contribution in [0.15, 0.2) is 10.2 Å². The fraction of sp³-hybridized carbons (Fsp3) is 1.00. The largest absolute Gasteiger partial charge is 0.190 e. The lowest BCUT2D eigenvalue weighted by Crippen LogP contribution is -2.46. The molecule has 2 nitrogen and oxygen atoms in total. The first-order chi connectivity index (χ1) is 6.34. The summed E-state index contributed by atoms with van der Waals surface area (Å²) in [5, 5.41) is 9.33. The Kier molecular flexibility index (Phi) is 2.15. The summed E-state index contributed by atoms with van der Waals surface area (Å²) in [4.78, 5) is 0. The lowest BCUT2D eigenvalue weighted by Gasteiger charge is -2.42. The van der Waals surface area contributed by atoms with E-state index in [1.54, 1.807) is 0 Å². The van der Waals surface area contributed by atoms with Crippen LogP contribution in [0.4, 0.5) is 0 Å². The first-order valence-corrected chi connectivity index (χ1v) is 8.82. The van der Waals surface area contributed by atoms with Gasteiger partial charge in [0.25, 0.3) is 0 Å². The van der Waals surface area contributed by atoms with Crippen molar-refractivity contribution in [2.24, 2.45) is 10.2 Å². The second-order valence-electron chi connectivity index (χ2n) is 6.44. The molecule has 1 unspecified atom stereocenters. The third-order valence-electron chi connectivity index (χ3n) is 4.72. The highest BCUT2D eigenvalue weighted by atomic mass is 28.3. The zero-order valence-corrected chi connectivity index (χ0v) is 11.0. The van der Waals surface area contributed by atoms with E-state index in [1.165, 1.54) is 12.8 Å². The minimum absolute atomic E-state index is 0.480. The van der Waals surface area contributed by atoms with Crippen LogP contribution in [0.1, 0.15) is 33.6 Å². The molecule has 1 aliphatic heterocycles. The highest BCUT2D eigenvalue weighted by Gasteiger charge is 2.54. The van der Waals surface area contributed by atoms with Crippen molar-refractivity contribution < 1.29 is 0 Å². The van der Waals surface area contributed by atoms with E-state index < -0.39 is 8.07 Å². The average Bonchev–Trinajstić information content (AvgIpc) is 2.59. The van der Waals surface area contributed by atoms with E-state index in [9.17, 15) is 0 Å². The SMILES string of the molecule is CC(C)(C)[Si](C)(C)C1[C@@H]2CC[C@H]1N=N2. The van der Waals surface area contributed by atoms with Gasteiger partial charge < -0.3 is 0 Å². The quantitative estimate of drug-likeness (QED) is 0.587. The van der Waals surface area contributed by atoms with Crippen LogP contribution >= 0.6 is 0 Å². The molecule has 3 heteroatoms. The zero-order chi connectivity index (χ0) is 10.6. The average molecular weight is 210 g/mol. The number of fused-ring (bicyclic) bond motifs is 2. The predicted molar refractivity (Wildman–Crippen MR) is 62.6 cm³/mol. The van der Waals surface area contributed by atoms with Gasteiger partial charge in [-0.25, -0.2) is 0 Å². The lowest BCUT2D eigenvalue weighted by atomic mass is 10.2. The van der Waals surface area contributed by atoms with Gasteiger partial charge in [0.15, 0.2) is 0 Å². The van der Waals surface area contributed by atoms with Crippen LogP contribution in [-0.2, 0) is 0 Å². The normalized spacial score (nSPS) is 36.8. The van der Waals surface area contributed by atoms with Gasteiger partial charge in [0.1, 0.15) is 0 Å². The molecule has 0 radical (unpaired) electrons. The Balaban J connectivity index is 2.25. The topological polar surface area (TPSA) is 24.7 Å². The van der Waals surface area contributed by atoms with Gasteiger partial charge in [-0.15, -0.1) is 0 Å². The van der Waals surface area contributed by atoms with Crippen molar-refractivity contribution in [2.45, 2.75) is 69.4 Å². The van der Waals surface area contributed by atoms with Crippen LogP contribution in [0, 0.1) is 0 Å². The molecule has 2 rings (SSSR count). The van der Waals surface area contributed by atoms with Gasteiger partial charge in [-0.1, -0.05) is 33.9 Å². The Hall–Kier alpha value is -0.183. The summed E-state index contributed by atoms with van der Waals surface area (Å²) in [7, 11) is -1.22. The Morgan fingerprint density at radius 2 is 1.43 bits per heavy atom. The van der Waals surface area contributed by atoms with Crippen LogP contribution in [0.3, 0.4) is 0 Å². The smallest absolute Gasteiger partial charge is 0.0734 e. The molecule has 3 atom stereocenters. The van der Waals surface area contributed by atoms with E-state index in [-0.39, 0.29) is 0 Å². The summed E-state index contributed by atoms with van der Waals surface area (Å²) in [6.45, 7) is 12.3. The summed E-state index contributed by atoms with van der Waals surface area (Å²) >= 11 is 0. The highest BCUT2D eigenvalue weighted by molar-refractivity contribution is 6.82. The van der Waals surface area contributed by atoms with E-state index in [0.717, 1.165) is 5.54 Å². The Labute approximate surface area is 88.2 Å². The molecular formula is C11H22N2Si. The third kappa shape index (κ3) is 1.28. The standard InChI is InChI=1S/C11H22N2Si/c1-11(2,3)14(4,5)10-8-6-7-9(10)13-12-8/h8-10H,6-7H2,1-5H3/t8-,9+,10?. The number of hydrogen-bond acceptors (Lipinski definition) is 2. The molecule has 2 aliphatic rings. The van der Waals surface area contributed by atoms with Gasteiger partial charge in [-0.3, -0.25) is 0 Å². The van der Waals surface area contributed by atoms with Crippen molar-refractivity contribution in [1.82, 2.24) is 0 Å². The maximum Gasteiger partial charge on any atom is 0.0734 e. The van der Waals surface area contributed by atoms with Crippen LogP contribution in [0.5, 0.6) is 0 Å². The highest BCUT2D eigenvalue weighted by Crippen LogP contribution is 2.54. The van der Waals surface area contributed by atoms with E-state index in [2.05, 4.69) is 44.1 Å². The molecule has 14 heavy (non-hydrogen) atoms. The molecule has 0 N–H and O–H groups in total. The van der Waals surface area contributed by atoms with Crippen molar-refractivity contribution in [3.8, 4) is 0 Å².